The van der Waals surface area contributed by atoms with Crippen molar-refractivity contribution in [3.8, 4) is 0 Å². The van der Waals surface area contributed by atoms with Gasteiger partial charge in [0.25, 0.3) is 0 Å². The first-order valence-electron chi connectivity index (χ1n) is 5.98. The van der Waals surface area contributed by atoms with E-state index in [0.717, 1.165) is 11.3 Å². The number of ether oxygens (including phenoxy) is 1. The van der Waals surface area contributed by atoms with Crippen LogP contribution in [-0.4, -0.2) is 34.4 Å². The SMILES string of the molecule is CC(C)(C)OC(=O)N1c2ccncc2C[C@@H]1CO. The molecule has 1 aliphatic heterocycles. The fourth-order valence-corrected chi connectivity index (χ4v) is 2.06. The first-order chi connectivity index (χ1) is 8.42. The second kappa shape index (κ2) is 4.57. The molecule has 1 atom stereocenters. The smallest absolute Gasteiger partial charge is 0.415 e. The van der Waals surface area contributed by atoms with E-state index in [4.69, 9.17) is 4.74 Å². The number of hydrogen-bond acceptors (Lipinski definition) is 4. The van der Waals surface area contributed by atoms with Crippen molar-refractivity contribution >= 4 is 11.8 Å². The van der Waals surface area contributed by atoms with Gasteiger partial charge in [-0.1, -0.05) is 0 Å². The Morgan fingerprint density at radius 3 is 2.94 bits per heavy atom. The number of nitrogens with zero attached hydrogens (tertiary/aromatic N) is 2. The number of amides is 1. The van der Waals surface area contributed by atoms with E-state index in [1.807, 2.05) is 20.8 Å². The number of hydrogen-bond donors (Lipinski definition) is 1. The Bertz CT molecular complexity index is 454. The molecular weight excluding hydrogens is 232 g/mol. The maximum atomic E-state index is 12.2. The molecule has 5 heteroatoms. The molecule has 98 valence electrons. The van der Waals surface area contributed by atoms with Gasteiger partial charge in [-0.25, -0.2) is 4.79 Å². The van der Waals surface area contributed by atoms with Gasteiger partial charge in [0.15, 0.2) is 0 Å². The lowest BCUT2D eigenvalue weighted by Crippen LogP contribution is -2.43. The highest BCUT2D eigenvalue weighted by molar-refractivity contribution is 5.91. The van der Waals surface area contributed by atoms with Crippen LogP contribution >= 0.6 is 0 Å². The van der Waals surface area contributed by atoms with Crippen LogP contribution in [0, 0.1) is 0 Å². The number of carbonyl (C=O) groups excluding carboxylic acids is 1. The Kier molecular flexibility index (Phi) is 3.26. The molecule has 1 aliphatic rings. The van der Waals surface area contributed by atoms with E-state index in [2.05, 4.69) is 4.98 Å². The standard InChI is InChI=1S/C13H18N2O3/c1-13(2,3)18-12(17)15-10(8-16)6-9-7-14-5-4-11(9)15/h4-5,7,10,16H,6,8H2,1-3H3/t10-/m1/s1. The molecule has 1 N–H and O–H groups in total. The summed E-state index contributed by atoms with van der Waals surface area (Å²) in [6, 6.07) is 1.51. The van der Waals surface area contributed by atoms with E-state index in [1.54, 1.807) is 18.5 Å². The summed E-state index contributed by atoms with van der Waals surface area (Å²) >= 11 is 0. The van der Waals surface area contributed by atoms with Crippen LogP contribution in [0.3, 0.4) is 0 Å². The van der Waals surface area contributed by atoms with Crippen molar-refractivity contribution in [1.82, 2.24) is 4.98 Å². The van der Waals surface area contributed by atoms with E-state index in [1.165, 1.54) is 4.90 Å². The van der Waals surface area contributed by atoms with Gasteiger partial charge in [0.2, 0.25) is 0 Å². The number of aliphatic hydroxyl groups excluding tert-OH is 1. The van der Waals surface area contributed by atoms with Crippen LogP contribution in [0.5, 0.6) is 0 Å². The summed E-state index contributed by atoms with van der Waals surface area (Å²) in [5, 5.41) is 9.39. The number of aromatic nitrogens is 1. The van der Waals surface area contributed by atoms with Crippen LogP contribution in [0.1, 0.15) is 26.3 Å². The molecule has 2 heterocycles. The van der Waals surface area contributed by atoms with Gasteiger partial charge in [0, 0.05) is 12.4 Å². The Morgan fingerprint density at radius 1 is 1.61 bits per heavy atom. The predicted octanol–water partition coefficient (Wildman–Crippen LogP) is 1.74. The Hall–Kier alpha value is -1.62. The summed E-state index contributed by atoms with van der Waals surface area (Å²) in [6.45, 7) is 5.38. The molecule has 0 aromatic carbocycles. The minimum absolute atomic E-state index is 0.0894. The van der Waals surface area contributed by atoms with Gasteiger partial charge in [-0.3, -0.25) is 9.88 Å². The fourth-order valence-electron chi connectivity index (χ4n) is 2.06. The third kappa shape index (κ3) is 2.46. The molecule has 1 amide bonds. The van der Waals surface area contributed by atoms with Crippen LogP contribution < -0.4 is 4.90 Å². The highest BCUT2D eigenvalue weighted by Crippen LogP contribution is 2.32. The summed E-state index contributed by atoms with van der Waals surface area (Å²) in [5.41, 5.74) is 1.19. The predicted molar refractivity (Wildman–Crippen MR) is 67.5 cm³/mol. The van der Waals surface area contributed by atoms with Gasteiger partial charge >= 0.3 is 6.09 Å². The highest BCUT2D eigenvalue weighted by Gasteiger charge is 2.36. The number of aliphatic hydroxyl groups is 1. The van der Waals surface area contributed by atoms with Gasteiger partial charge in [0.1, 0.15) is 5.60 Å². The van der Waals surface area contributed by atoms with Crippen LogP contribution in [-0.2, 0) is 11.2 Å². The largest absolute Gasteiger partial charge is 0.443 e. The van der Waals surface area contributed by atoms with E-state index >= 15 is 0 Å². The van der Waals surface area contributed by atoms with Crippen LogP contribution in [0.2, 0.25) is 0 Å². The molecule has 0 radical (unpaired) electrons. The van der Waals surface area contributed by atoms with Crippen molar-refractivity contribution in [3.05, 3.63) is 24.0 Å². The molecule has 0 spiro atoms. The summed E-state index contributed by atoms with van der Waals surface area (Å²) < 4.78 is 5.37. The average Bonchev–Trinajstić information content (AvgIpc) is 2.64. The second-order valence-corrected chi connectivity index (χ2v) is 5.40. The topological polar surface area (TPSA) is 62.7 Å². The Morgan fingerprint density at radius 2 is 2.33 bits per heavy atom. The number of rotatable bonds is 1. The monoisotopic (exact) mass is 250 g/mol. The minimum Gasteiger partial charge on any atom is -0.443 e. The van der Waals surface area contributed by atoms with E-state index in [0.29, 0.717) is 6.42 Å². The Balaban J connectivity index is 2.27. The molecule has 0 aliphatic carbocycles. The molecule has 0 saturated heterocycles. The van der Waals surface area contributed by atoms with E-state index < -0.39 is 11.7 Å². The van der Waals surface area contributed by atoms with Crippen molar-refractivity contribution < 1.29 is 14.6 Å². The summed E-state index contributed by atoms with van der Waals surface area (Å²) in [7, 11) is 0. The molecule has 0 unspecified atom stereocenters. The van der Waals surface area contributed by atoms with Crippen molar-refractivity contribution in [2.75, 3.05) is 11.5 Å². The number of pyridine rings is 1. The second-order valence-electron chi connectivity index (χ2n) is 5.40. The van der Waals surface area contributed by atoms with Gasteiger partial charge in [-0.05, 0) is 38.8 Å². The molecule has 0 bridgehead atoms. The average molecular weight is 250 g/mol. The van der Waals surface area contributed by atoms with Crippen LogP contribution in [0.15, 0.2) is 18.5 Å². The zero-order chi connectivity index (χ0) is 13.3. The van der Waals surface area contributed by atoms with E-state index in [9.17, 15) is 9.90 Å². The third-order valence-corrected chi connectivity index (χ3v) is 2.76. The maximum Gasteiger partial charge on any atom is 0.415 e. The van der Waals surface area contributed by atoms with Gasteiger partial charge in [-0.15, -0.1) is 0 Å². The zero-order valence-corrected chi connectivity index (χ0v) is 10.9. The summed E-state index contributed by atoms with van der Waals surface area (Å²) in [6.07, 6.45) is 3.54. The molecule has 18 heavy (non-hydrogen) atoms. The van der Waals surface area contributed by atoms with Crippen molar-refractivity contribution in [1.29, 1.82) is 0 Å². The lowest BCUT2D eigenvalue weighted by atomic mass is 10.2. The van der Waals surface area contributed by atoms with Crippen molar-refractivity contribution in [3.63, 3.8) is 0 Å². The lowest BCUT2D eigenvalue weighted by molar-refractivity contribution is 0.0557. The molecular formula is C13H18N2O3. The van der Waals surface area contributed by atoms with E-state index in [-0.39, 0.29) is 12.6 Å². The van der Waals surface area contributed by atoms with Gasteiger partial charge in [0.05, 0.1) is 18.3 Å². The molecule has 0 fully saturated rings. The fraction of sp³-hybridized carbons (Fsp3) is 0.538. The number of carbonyl (C=O) groups is 1. The van der Waals surface area contributed by atoms with Crippen LogP contribution in [0.4, 0.5) is 10.5 Å². The molecule has 0 saturated carbocycles. The summed E-state index contributed by atoms with van der Waals surface area (Å²) in [4.78, 5) is 17.7. The first kappa shape index (κ1) is 12.8. The third-order valence-electron chi connectivity index (χ3n) is 2.76. The normalized spacial score (nSPS) is 18.7. The van der Waals surface area contributed by atoms with Gasteiger partial charge < -0.3 is 9.84 Å². The minimum atomic E-state index is -0.549. The molecule has 2 rings (SSSR count). The molecule has 1 aromatic rings. The van der Waals surface area contributed by atoms with Crippen LogP contribution in [0.25, 0.3) is 0 Å². The maximum absolute atomic E-state index is 12.2. The zero-order valence-electron chi connectivity index (χ0n) is 10.9. The molecule has 1 aromatic heterocycles. The van der Waals surface area contributed by atoms with Gasteiger partial charge in [-0.2, -0.15) is 0 Å². The highest BCUT2D eigenvalue weighted by atomic mass is 16.6. The van der Waals surface area contributed by atoms with Crippen molar-refractivity contribution in [2.45, 2.75) is 38.8 Å². The Labute approximate surface area is 106 Å². The number of fused-ring (bicyclic) bond motifs is 1. The number of anilines is 1. The summed E-state index contributed by atoms with van der Waals surface area (Å²) in [5.74, 6) is 0. The lowest BCUT2D eigenvalue weighted by Gasteiger charge is -2.28. The quantitative estimate of drug-likeness (QED) is 0.824. The van der Waals surface area contributed by atoms with Crippen molar-refractivity contribution in [2.24, 2.45) is 0 Å². The molecule has 5 nitrogen and oxygen atoms in total. The first-order valence-corrected chi connectivity index (χ1v) is 5.98.